The van der Waals surface area contributed by atoms with Gasteiger partial charge < -0.3 is 15.4 Å². The number of hydrogen-bond donors (Lipinski definition) is 2. The van der Waals surface area contributed by atoms with E-state index in [1.807, 2.05) is 69.8 Å². The van der Waals surface area contributed by atoms with E-state index in [4.69, 9.17) is 4.74 Å². The van der Waals surface area contributed by atoms with Gasteiger partial charge in [0.25, 0.3) is 0 Å². The second-order valence-corrected chi connectivity index (χ2v) is 6.47. The molecular weight excluding hydrogens is 316 g/mol. The van der Waals surface area contributed by atoms with Gasteiger partial charge in [0.15, 0.2) is 0 Å². The fourth-order valence-corrected chi connectivity index (χ4v) is 2.75. The topological polar surface area (TPSA) is 68.2 Å². The molecule has 1 aromatic heterocycles. The number of nitrogens with one attached hydrogen (secondary N) is 2. The first-order valence-electron chi connectivity index (χ1n) is 8.62. The molecule has 0 fully saturated rings. The largest absolute Gasteiger partial charge is 0.489 e. The van der Waals surface area contributed by atoms with Gasteiger partial charge in [0.2, 0.25) is 0 Å². The Balaban J connectivity index is 1.75. The Morgan fingerprint density at radius 1 is 1.24 bits per heavy atom. The van der Waals surface area contributed by atoms with Crippen molar-refractivity contribution < 1.29 is 9.53 Å². The molecule has 0 bridgehead atoms. The minimum Gasteiger partial charge on any atom is -0.489 e. The number of ether oxygens (including phenoxy) is 1. The van der Waals surface area contributed by atoms with Crippen LogP contribution in [0.3, 0.4) is 0 Å². The number of nitrogens with zero attached hydrogens (tertiary/aromatic N) is 2. The SMILES string of the molecule is Cc1nn(C)c(C)c1C[C@@H](C)NC(=O)NC[C@@H](C)Oc1ccccc1. The quantitative estimate of drug-likeness (QED) is 0.811. The normalized spacial score (nSPS) is 13.2. The summed E-state index contributed by atoms with van der Waals surface area (Å²) >= 11 is 0. The second kappa shape index (κ2) is 8.55. The molecule has 2 rings (SSSR count). The fourth-order valence-electron chi connectivity index (χ4n) is 2.75. The fraction of sp³-hybridized carbons (Fsp3) is 0.474. The van der Waals surface area contributed by atoms with Gasteiger partial charge in [-0.1, -0.05) is 18.2 Å². The highest BCUT2D eigenvalue weighted by Gasteiger charge is 2.15. The molecule has 0 aliphatic heterocycles. The van der Waals surface area contributed by atoms with Gasteiger partial charge in [0.05, 0.1) is 12.2 Å². The van der Waals surface area contributed by atoms with Crippen molar-refractivity contribution in [3.8, 4) is 5.75 Å². The van der Waals surface area contributed by atoms with E-state index >= 15 is 0 Å². The minimum atomic E-state index is -0.185. The van der Waals surface area contributed by atoms with Crippen molar-refractivity contribution in [3.05, 3.63) is 47.3 Å². The van der Waals surface area contributed by atoms with Crippen LogP contribution in [-0.4, -0.2) is 34.5 Å². The van der Waals surface area contributed by atoms with Crippen LogP contribution in [0.25, 0.3) is 0 Å². The van der Waals surface area contributed by atoms with Crippen molar-refractivity contribution in [3.63, 3.8) is 0 Å². The van der Waals surface area contributed by atoms with Crippen molar-refractivity contribution in [1.29, 1.82) is 0 Å². The lowest BCUT2D eigenvalue weighted by Crippen LogP contribution is -2.44. The van der Waals surface area contributed by atoms with E-state index < -0.39 is 0 Å². The van der Waals surface area contributed by atoms with Gasteiger partial charge in [-0.15, -0.1) is 0 Å². The third-order valence-corrected chi connectivity index (χ3v) is 4.18. The maximum atomic E-state index is 12.1. The van der Waals surface area contributed by atoms with Gasteiger partial charge in [0, 0.05) is 18.8 Å². The number of para-hydroxylation sites is 1. The van der Waals surface area contributed by atoms with Crippen molar-refractivity contribution in [2.45, 2.75) is 46.3 Å². The Kier molecular flexibility index (Phi) is 6.44. The number of carbonyl (C=O) groups is 1. The lowest BCUT2D eigenvalue weighted by molar-refractivity contribution is 0.206. The summed E-state index contributed by atoms with van der Waals surface area (Å²) < 4.78 is 7.62. The third kappa shape index (κ3) is 5.52. The van der Waals surface area contributed by atoms with Gasteiger partial charge >= 0.3 is 6.03 Å². The van der Waals surface area contributed by atoms with E-state index in [0.29, 0.717) is 6.54 Å². The number of rotatable bonds is 7. The van der Waals surface area contributed by atoms with Gasteiger partial charge in [-0.3, -0.25) is 4.68 Å². The van der Waals surface area contributed by atoms with Crippen molar-refractivity contribution >= 4 is 6.03 Å². The molecule has 136 valence electrons. The first kappa shape index (κ1) is 18.8. The van der Waals surface area contributed by atoms with Crippen molar-refractivity contribution in [2.75, 3.05) is 6.54 Å². The summed E-state index contributed by atoms with van der Waals surface area (Å²) in [5, 5.41) is 10.2. The molecule has 0 aliphatic carbocycles. The van der Waals surface area contributed by atoms with E-state index in [1.165, 1.54) is 5.56 Å². The molecule has 6 heteroatoms. The molecule has 0 saturated carbocycles. The molecule has 0 radical (unpaired) electrons. The Morgan fingerprint density at radius 2 is 1.92 bits per heavy atom. The zero-order chi connectivity index (χ0) is 18.4. The molecule has 1 heterocycles. The number of carbonyl (C=O) groups excluding carboxylic acids is 1. The number of amides is 2. The van der Waals surface area contributed by atoms with Crippen LogP contribution in [0.15, 0.2) is 30.3 Å². The summed E-state index contributed by atoms with van der Waals surface area (Å²) in [6.45, 7) is 8.41. The van der Waals surface area contributed by atoms with E-state index in [-0.39, 0.29) is 18.2 Å². The van der Waals surface area contributed by atoms with E-state index in [9.17, 15) is 4.79 Å². The van der Waals surface area contributed by atoms with Crippen LogP contribution in [0.4, 0.5) is 4.79 Å². The van der Waals surface area contributed by atoms with Gasteiger partial charge in [0.1, 0.15) is 11.9 Å². The first-order valence-corrected chi connectivity index (χ1v) is 8.62. The predicted molar refractivity (Wildman–Crippen MR) is 98.9 cm³/mol. The van der Waals surface area contributed by atoms with Crippen LogP contribution in [0, 0.1) is 13.8 Å². The monoisotopic (exact) mass is 344 g/mol. The highest BCUT2D eigenvalue weighted by atomic mass is 16.5. The molecule has 0 saturated heterocycles. The lowest BCUT2D eigenvalue weighted by Gasteiger charge is -2.18. The van der Waals surface area contributed by atoms with Crippen LogP contribution in [0.5, 0.6) is 5.75 Å². The first-order chi connectivity index (χ1) is 11.9. The third-order valence-electron chi connectivity index (χ3n) is 4.18. The van der Waals surface area contributed by atoms with Crippen molar-refractivity contribution in [1.82, 2.24) is 20.4 Å². The maximum Gasteiger partial charge on any atom is 0.315 e. The van der Waals surface area contributed by atoms with E-state index in [2.05, 4.69) is 15.7 Å². The summed E-state index contributed by atoms with van der Waals surface area (Å²) in [4.78, 5) is 12.1. The van der Waals surface area contributed by atoms with Crippen LogP contribution in [-0.2, 0) is 13.5 Å². The Hall–Kier alpha value is -2.50. The predicted octanol–water partition coefficient (Wildman–Crippen LogP) is 2.73. The average Bonchev–Trinajstić information content (AvgIpc) is 2.80. The zero-order valence-corrected chi connectivity index (χ0v) is 15.7. The number of benzene rings is 1. The smallest absolute Gasteiger partial charge is 0.315 e. The molecule has 2 aromatic rings. The minimum absolute atomic E-state index is 0.0203. The Labute approximate surface area is 149 Å². The molecule has 6 nitrogen and oxygen atoms in total. The number of aryl methyl sites for hydroxylation is 2. The molecule has 2 amide bonds. The zero-order valence-electron chi connectivity index (χ0n) is 15.7. The average molecular weight is 344 g/mol. The van der Waals surface area contributed by atoms with Crippen LogP contribution in [0.1, 0.15) is 30.8 Å². The molecule has 0 unspecified atom stereocenters. The number of aromatic nitrogens is 2. The molecule has 1 aromatic carbocycles. The lowest BCUT2D eigenvalue weighted by atomic mass is 10.1. The maximum absolute atomic E-state index is 12.1. The van der Waals surface area contributed by atoms with Gasteiger partial charge in [-0.05, 0) is 51.8 Å². The highest BCUT2D eigenvalue weighted by molar-refractivity contribution is 5.74. The Morgan fingerprint density at radius 3 is 2.52 bits per heavy atom. The molecule has 25 heavy (non-hydrogen) atoms. The van der Waals surface area contributed by atoms with Gasteiger partial charge in [-0.2, -0.15) is 5.10 Å². The van der Waals surface area contributed by atoms with E-state index in [1.54, 1.807) is 0 Å². The summed E-state index contributed by atoms with van der Waals surface area (Å²) in [6, 6.07) is 9.42. The Bertz CT molecular complexity index is 697. The summed E-state index contributed by atoms with van der Waals surface area (Å²) in [5.74, 6) is 0.799. The van der Waals surface area contributed by atoms with E-state index in [0.717, 1.165) is 23.6 Å². The van der Waals surface area contributed by atoms with Crippen LogP contribution in [0.2, 0.25) is 0 Å². The van der Waals surface area contributed by atoms with Crippen LogP contribution >= 0.6 is 0 Å². The van der Waals surface area contributed by atoms with Gasteiger partial charge in [-0.25, -0.2) is 4.79 Å². The number of hydrogen-bond acceptors (Lipinski definition) is 3. The van der Waals surface area contributed by atoms with Crippen LogP contribution < -0.4 is 15.4 Å². The molecule has 2 atom stereocenters. The summed E-state index contributed by atoms with van der Waals surface area (Å²) in [5.41, 5.74) is 3.34. The molecular formula is C19H28N4O2. The highest BCUT2D eigenvalue weighted by Crippen LogP contribution is 2.14. The summed E-state index contributed by atoms with van der Waals surface area (Å²) in [6.07, 6.45) is 0.654. The van der Waals surface area contributed by atoms with Crippen molar-refractivity contribution in [2.24, 2.45) is 7.05 Å². The molecule has 2 N–H and O–H groups in total. The number of urea groups is 1. The molecule has 0 aliphatic rings. The molecule has 0 spiro atoms. The second-order valence-electron chi connectivity index (χ2n) is 6.47. The summed E-state index contributed by atoms with van der Waals surface area (Å²) in [7, 11) is 1.94. The standard InChI is InChI=1S/C19H28N4O2/c1-13(11-18-15(3)22-23(5)16(18)4)21-19(24)20-12-14(2)25-17-9-7-6-8-10-17/h6-10,13-14H,11-12H2,1-5H3,(H2,20,21,24)/t13-,14-/m1/s1.